The number of anilines is 1. The molecule has 1 saturated carbocycles. The number of H-pyrrole nitrogens is 1. The lowest BCUT2D eigenvalue weighted by atomic mass is 9.99. The third-order valence-electron chi connectivity index (χ3n) is 6.47. The molecule has 10 nitrogen and oxygen atoms in total. The van der Waals surface area contributed by atoms with Gasteiger partial charge in [-0.05, 0) is 25.0 Å². The van der Waals surface area contributed by atoms with Gasteiger partial charge in [-0.3, -0.25) is 14.4 Å². The molecule has 36 heavy (non-hydrogen) atoms. The van der Waals surface area contributed by atoms with Crippen LogP contribution in [0.15, 0.2) is 29.3 Å². The number of nitrogens with zero attached hydrogens (tertiary/aromatic N) is 5. The Morgan fingerprint density at radius 1 is 1.14 bits per heavy atom. The minimum Gasteiger partial charge on any atom is -0.490 e. The van der Waals surface area contributed by atoms with E-state index < -0.39 is 34.9 Å². The average Bonchev–Trinajstić information content (AvgIpc) is 3.20. The lowest BCUT2D eigenvalue weighted by Gasteiger charge is -2.35. The second-order valence-corrected chi connectivity index (χ2v) is 8.71. The summed E-state index contributed by atoms with van der Waals surface area (Å²) < 4.78 is 44.7. The average molecular weight is 504 g/mol. The van der Waals surface area contributed by atoms with Crippen LogP contribution in [-0.2, 0) is 15.8 Å². The van der Waals surface area contributed by atoms with Crippen molar-refractivity contribution in [3.8, 4) is 11.8 Å². The lowest BCUT2D eigenvalue weighted by Crippen LogP contribution is -2.49. The van der Waals surface area contributed by atoms with Crippen LogP contribution in [0.1, 0.15) is 30.4 Å². The van der Waals surface area contributed by atoms with Crippen LogP contribution in [0, 0.1) is 23.2 Å². The molecule has 1 amide bonds. The quantitative estimate of drug-likeness (QED) is 0.630. The third-order valence-corrected chi connectivity index (χ3v) is 6.47. The fourth-order valence-corrected chi connectivity index (χ4v) is 4.50. The number of carbonyl (C=O) groups excluding carboxylic acids is 2. The van der Waals surface area contributed by atoms with Gasteiger partial charge in [-0.2, -0.15) is 23.5 Å². The van der Waals surface area contributed by atoms with Crippen molar-refractivity contribution < 1.29 is 27.5 Å². The van der Waals surface area contributed by atoms with E-state index in [0.29, 0.717) is 44.6 Å². The Balaban J connectivity index is 1.28. The van der Waals surface area contributed by atoms with E-state index in [1.165, 1.54) is 6.20 Å². The Labute approximate surface area is 203 Å². The van der Waals surface area contributed by atoms with Crippen LogP contribution >= 0.6 is 0 Å². The molecule has 1 aliphatic carbocycles. The van der Waals surface area contributed by atoms with Crippen molar-refractivity contribution in [1.29, 1.82) is 5.26 Å². The molecule has 190 valence electrons. The largest absolute Gasteiger partial charge is 0.490 e. The van der Waals surface area contributed by atoms with E-state index in [0.717, 1.165) is 12.0 Å². The van der Waals surface area contributed by atoms with E-state index >= 15 is 0 Å². The van der Waals surface area contributed by atoms with Crippen LogP contribution in [0.2, 0.25) is 0 Å². The van der Waals surface area contributed by atoms with Gasteiger partial charge in [0.1, 0.15) is 17.7 Å². The molecule has 0 aromatic carbocycles. The zero-order valence-corrected chi connectivity index (χ0v) is 19.1. The van der Waals surface area contributed by atoms with Crippen molar-refractivity contribution in [2.75, 3.05) is 37.7 Å². The number of amides is 1. The highest BCUT2D eigenvalue weighted by molar-refractivity contribution is 5.90. The summed E-state index contributed by atoms with van der Waals surface area (Å²) in [7, 11) is 0. The van der Waals surface area contributed by atoms with E-state index in [9.17, 15) is 27.6 Å². The van der Waals surface area contributed by atoms with Gasteiger partial charge in [-0.15, -0.1) is 0 Å². The van der Waals surface area contributed by atoms with E-state index in [-0.39, 0.29) is 24.7 Å². The number of rotatable bonds is 6. The zero-order valence-electron chi connectivity index (χ0n) is 19.1. The van der Waals surface area contributed by atoms with Crippen molar-refractivity contribution in [1.82, 2.24) is 20.1 Å². The van der Waals surface area contributed by atoms with Gasteiger partial charge in [0.2, 0.25) is 5.91 Å². The van der Waals surface area contributed by atoms with Crippen molar-refractivity contribution in [2.45, 2.75) is 25.4 Å². The van der Waals surface area contributed by atoms with Gasteiger partial charge in [0, 0.05) is 44.7 Å². The summed E-state index contributed by atoms with van der Waals surface area (Å²) in [6.45, 7) is 1.72. The minimum atomic E-state index is -4.93. The van der Waals surface area contributed by atoms with Crippen molar-refractivity contribution in [3.05, 3.63) is 46.0 Å². The number of hydrogen-bond acceptors (Lipinski definition) is 8. The van der Waals surface area contributed by atoms with Gasteiger partial charge in [0.25, 0.3) is 5.56 Å². The van der Waals surface area contributed by atoms with Gasteiger partial charge < -0.3 is 14.5 Å². The van der Waals surface area contributed by atoms with Gasteiger partial charge in [-0.1, -0.05) is 0 Å². The molecule has 13 heteroatoms. The molecular formula is C23H23F3N6O4. The molecular weight excluding hydrogens is 481 g/mol. The highest BCUT2D eigenvalue weighted by atomic mass is 19.4. The van der Waals surface area contributed by atoms with E-state index in [4.69, 9.17) is 10.00 Å². The fraction of sp³-hybridized carbons (Fsp3) is 0.478. The highest BCUT2D eigenvalue weighted by Gasteiger charge is 2.40. The number of ketones is 1. The van der Waals surface area contributed by atoms with Crippen molar-refractivity contribution in [3.63, 3.8) is 0 Å². The van der Waals surface area contributed by atoms with Gasteiger partial charge >= 0.3 is 6.18 Å². The van der Waals surface area contributed by atoms with Gasteiger partial charge in [0.15, 0.2) is 11.3 Å². The Kier molecular flexibility index (Phi) is 7.23. The molecule has 1 aliphatic heterocycles. The summed E-state index contributed by atoms with van der Waals surface area (Å²) in [4.78, 5) is 45.1. The molecule has 2 fully saturated rings. The second-order valence-electron chi connectivity index (χ2n) is 8.71. The Morgan fingerprint density at radius 2 is 1.86 bits per heavy atom. The number of alkyl halides is 3. The van der Waals surface area contributed by atoms with Crippen molar-refractivity contribution in [2.24, 2.45) is 11.8 Å². The number of Topliss-reactive ketones (excluding diaryl/α,β-unsaturated/α-hetero) is 1. The number of aromatic amines is 1. The number of aromatic nitrogens is 3. The van der Waals surface area contributed by atoms with E-state index in [1.807, 2.05) is 11.0 Å². The SMILES string of the molecule is N#Cc1ccc(N2CCN(C(=O)C[C@@H]3CC[C@@H](COc4cn[nH]c(=O)c4C(F)(F)F)C3=O)CC2)nc1. The third kappa shape index (κ3) is 5.48. The zero-order chi connectivity index (χ0) is 25.9. The molecule has 2 atom stereocenters. The molecule has 0 unspecified atom stereocenters. The molecule has 2 aliphatic rings. The highest BCUT2D eigenvalue weighted by Crippen LogP contribution is 2.35. The minimum absolute atomic E-state index is 0.0326. The first kappa shape index (κ1) is 25.2. The van der Waals surface area contributed by atoms with Crippen LogP contribution < -0.4 is 15.2 Å². The summed E-state index contributed by atoms with van der Waals surface area (Å²) in [5, 5.41) is 14.0. The summed E-state index contributed by atoms with van der Waals surface area (Å²) in [6.07, 6.45) is -1.82. The van der Waals surface area contributed by atoms with E-state index in [2.05, 4.69) is 10.1 Å². The predicted octanol–water partition coefficient (Wildman–Crippen LogP) is 1.77. The smallest absolute Gasteiger partial charge is 0.425 e. The van der Waals surface area contributed by atoms with Crippen LogP contribution in [0.4, 0.5) is 19.0 Å². The fourth-order valence-electron chi connectivity index (χ4n) is 4.50. The van der Waals surface area contributed by atoms with Crippen LogP contribution in [0.5, 0.6) is 5.75 Å². The molecule has 0 spiro atoms. The van der Waals surface area contributed by atoms with Crippen LogP contribution in [-0.4, -0.2) is 64.6 Å². The molecule has 1 N–H and O–H groups in total. The Bertz CT molecular complexity index is 1220. The summed E-state index contributed by atoms with van der Waals surface area (Å²) >= 11 is 0. The number of pyridine rings is 1. The molecule has 0 radical (unpaired) electrons. The topological polar surface area (TPSA) is 132 Å². The maximum Gasteiger partial charge on any atom is 0.425 e. The van der Waals surface area contributed by atoms with Crippen LogP contribution in [0.25, 0.3) is 0 Å². The maximum absolute atomic E-state index is 13.2. The molecule has 2 aromatic rings. The number of carbonyl (C=O) groups is 2. The second kappa shape index (κ2) is 10.3. The first-order valence-electron chi connectivity index (χ1n) is 11.4. The number of piperazine rings is 1. The van der Waals surface area contributed by atoms with Gasteiger partial charge in [0.05, 0.1) is 24.3 Å². The molecule has 0 bridgehead atoms. The Morgan fingerprint density at radius 3 is 2.50 bits per heavy atom. The predicted molar refractivity (Wildman–Crippen MR) is 119 cm³/mol. The van der Waals surface area contributed by atoms with E-state index in [1.54, 1.807) is 22.1 Å². The summed E-state index contributed by atoms with van der Waals surface area (Å²) in [6, 6.07) is 5.46. The number of nitriles is 1. The first-order chi connectivity index (χ1) is 17.2. The standard InChI is InChI=1S/C23H23F3N6O4/c24-23(25,26)20-17(12-29-30-22(20)35)36-13-16-3-2-15(21(16)34)9-19(33)32-7-5-31(6-8-32)18-4-1-14(10-27)11-28-18/h1,4,11-12,15-16H,2-3,5-9,13H2,(H,30,35)/t15-,16-/m0/s1. The molecule has 1 saturated heterocycles. The molecule has 2 aromatic heterocycles. The number of nitrogens with one attached hydrogen (secondary N) is 1. The summed E-state index contributed by atoms with van der Waals surface area (Å²) in [5.74, 6) is -1.57. The number of ether oxygens (including phenoxy) is 1. The van der Waals surface area contributed by atoms with Crippen molar-refractivity contribution >= 4 is 17.5 Å². The monoisotopic (exact) mass is 504 g/mol. The summed E-state index contributed by atoms with van der Waals surface area (Å²) in [5.41, 5.74) is -2.45. The number of hydrogen-bond donors (Lipinski definition) is 1. The maximum atomic E-state index is 13.2. The Hall–Kier alpha value is -3.95. The van der Waals surface area contributed by atoms with Gasteiger partial charge in [-0.25, -0.2) is 10.1 Å². The van der Waals surface area contributed by atoms with Crippen LogP contribution in [0.3, 0.4) is 0 Å². The number of halogens is 3. The molecule has 3 heterocycles. The molecule has 4 rings (SSSR count). The first-order valence-corrected chi connectivity index (χ1v) is 11.4. The normalized spacial score (nSPS) is 20.3. The lowest BCUT2D eigenvalue weighted by molar-refractivity contribution is -0.140.